The molecule has 1 aliphatic rings. The zero-order valence-electron chi connectivity index (χ0n) is 11.2. The SMILES string of the molecule is C=NN(/C(=N\N)N1CCN(C)CC1)c1ccccc1. The van der Waals surface area contributed by atoms with Crippen molar-refractivity contribution in [2.45, 2.75) is 0 Å². The van der Waals surface area contributed by atoms with Crippen LogP contribution in [0.3, 0.4) is 0 Å². The molecule has 0 aliphatic carbocycles. The molecule has 102 valence electrons. The van der Waals surface area contributed by atoms with E-state index in [4.69, 9.17) is 5.84 Å². The number of piperazine rings is 1. The van der Waals surface area contributed by atoms with Gasteiger partial charge in [0.15, 0.2) is 0 Å². The number of anilines is 1. The molecule has 0 unspecified atom stereocenters. The number of benzene rings is 1. The smallest absolute Gasteiger partial charge is 0.244 e. The molecule has 0 amide bonds. The second-order valence-corrected chi connectivity index (χ2v) is 4.51. The van der Waals surface area contributed by atoms with Gasteiger partial charge in [-0.05, 0) is 19.2 Å². The van der Waals surface area contributed by atoms with Crippen molar-refractivity contribution in [2.75, 3.05) is 38.2 Å². The number of rotatable bonds is 2. The van der Waals surface area contributed by atoms with Crippen LogP contribution in [0.2, 0.25) is 0 Å². The molecule has 6 nitrogen and oxygen atoms in total. The Balaban J connectivity index is 2.18. The Bertz CT molecular complexity index is 436. The lowest BCUT2D eigenvalue weighted by Gasteiger charge is -2.36. The van der Waals surface area contributed by atoms with Gasteiger partial charge < -0.3 is 15.6 Å². The van der Waals surface area contributed by atoms with E-state index >= 15 is 0 Å². The van der Waals surface area contributed by atoms with Gasteiger partial charge in [0.2, 0.25) is 5.96 Å². The van der Waals surface area contributed by atoms with Gasteiger partial charge >= 0.3 is 0 Å². The Morgan fingerprint density at radius 2 is 1.84 bits per heavy atom. The maximum Gasteiger partial charge on any atom is 0.244 e. The van der Waals surface area contributed by atoms with Crippen molar-refractivity contribution in [3.63, 3.8) is 0 Å². The third-order valence-corrected chi connectivity index (χ3v) is 3.23. The molecule has 0 atom stereocenters. The van der Waals surface area contributed by atoms with E-state index in [0.29, 0.717) is 5.96 Å². The number of hydrogen-bond donors (Lipinski definition) is 1. The molecule has 2 rings (SSSR count). The third kappa shape index (κ3) is 3.03. The van der Waals surface area contributed by atoms with Crippen LogP contribution in [-0.4, -0.2) is 55.7 Å². The average Bonchev–Trinajstić information content (AvgIpc) is 2.47. The van der Waals surface area contributed by atoms with Crippen molar-refractivity contribution < 1.29 is 0 Å². The van der Waals surface area contributed by atoms with Crippen LogP contribution < -0.4 is 10.9 Å². The molecule has 1 heterocycles. The van der Waals surface area contributed by atoms with E-state index in [-0.39, 0.29) is 0 Å². The normalized spacial score (nSPS) is 17.3. The standard InChI is InChI=1S/C13H20N6/c1-15-19(12-6-4-3-5-7-12)13(16-14)18-10-8-17(2)9-11-18/h3-7H,1,8-11,14H2,2H3/b16-13-. The molecule has 0 spiro atoms. The maximum absolute atomic E-state index is 5.56. The van der Waals surface area contributed by atoms with Crippen LogP contribution in [0.1, 0.15) is 0 Å². The first-order valence-corrected chi connectivity index (χ1v) is 6.29. The van der Waals surface area contributed by atoms with Gasteiger partial charge in [-0.15, -0.1) is 5.10 Å². The van der Waals surface area contributed by atoms with Gasteiger partial charge in [-0.25, -0.2) is 0 Å². The lowest BCUT2D eigenvalue weighted by Crippen LogP contribution is -2.52. The summed E-state index contributed by atoms with van der Waals surface area (Å²) in [7, 11) is 2.11. The summed E-state index contributed by atoms with van der Waals surface area (Å²) in [6.45, 7) is 7.35. The highest BCUT2D eigenvalue weighted by atomic mass is 15.6. The molecule has 1 aromatic carbocycles. The number of likely N-dealkylation sites (N-methyl/N-ethyl adjacent to an activating group) is 1. The molecule has 0 radical (unpaired) electrons. The lowest BCUT2D eigenvalue weighted by molar-refractivity contribution is 0.213. The molecule has 0 bridgehead atoms. The van der Waals surface area contributed by atoms with Crippen LogP contribution in [0.4, 0.5) is 5.69 Å². The summed E-state index contributed by atoms with van der Waals surface area (Å²) in [6, 6.07) is 9.77. The van der Waals surface area contributed by atoms with Crippen molar-refractivity contribution in [2.24, 2.45) is 16.0 Å². The molecular weight excluding hydrogens is 240 g/mol. The van der Waals surface area contributed by atoms with Gasteiger partial charge in [-0.1, -0.05) is 18.2 Å². The van der Waals surface area contributed by atoms with Crippen molar-refractivity contribution in [1.82, 2.24) is 9.80 Å². The van der Waals surface area contributed by atoms with E-state index in [0.717, 1.165) is 31.9 Å². The first-order chi connectivity index (χ1) is 9.26. The minimum atomic E-state index is 0.634. The Morgan fingerprint density at radius 3 is 2.37 bits per heavy atom. The predicted octanol–water partition coefficient (Wildman–Crippen LogP) is 0.586. The summed E-state index contributed by atoms with van der Waals surface area (Å²) in [5.74, 6) is 6.19. The number of hydrogen-bond acceptors (Lipinski definition) is 4. The van der Waals surface area contributed by atoms with E-state index in [1.54, 1.807) is 5.01 Å². The highest BCUT2D eigenvalue weighted by Gasteiger charge is 2.22. The molecule has 1 fully saturated rings. The maximum atomic E-state index is 5.56. The fourth-order valence-electron chi connectivity index (χ4n) is 2.11. The summed E-state index contributed by atoms with van der Waals surface area (Å²) in [4.78, 5) is 4.40. The van der Waals surface area contributed by atoms with Crippen LogP contribution in [-0.2, 0) is 0 Å². The number of para-hydroxylation sites is 1. The number of hydrazone groups is 2. The minimum absolute atomic E-state index is 0.634. The van der Waals surface area contributed by atoms with E-state index in [2.05, 4.69) is 33.8 Å². The van der Waals surface area contributed by atoms with Gasteiger partial charge in [0.25, 0.3) is 0 Å². The van der Waals surface area contributed by atoms with Gasteiger partial charge in [0, 0.05) is 32.9 Å². The first kappa shape index (κ1) is 13.4. The number of nitrogens with two attached hydrogens (primary N) is 1. The first-order valence-electron chi connectivity index (χ1n) is 6.29. The molecule has 6 heteroatoms. The lowest BCUT2D eigenvalue weighted by atomic mass is 10.3. The third-order valence-electron chi connectivity index (χ3n) is 3.23. The van der Waals surface area contributed by atoms with E-state index in [1.165, 1.54) is 0 Å². The molecule has 2 N–H and O–H groups in total. The second kappa shape index (κ2) is 6.19. The predicted molar refractivity (Wildman–Crippen MR) is 79.2 cm³/mol. The fraction of sp³-hybridized carbons (Fsp3) is 0.385. The zero-order chi connectivity index (χ0) is 13.7. The molecule has 19 heavy (non-hydrogen) atoms. The van der Waals surface area contributed by atoms with E-state index in [1.807, 2.05) is 30.3 Å². The van der Waals surface area contributed by atoms with E-state index in [9.17, 15) is 0 Å². The summed E-state index contributed by atoms with van der Waals surface area (Å²) in [5.41, 5.74) is 0.903. The monoisotopic (exact) mass is 260 g/mol. The van der Waals surface area contributed by atoms with Crippen molar-refractivity contribution in [3.8, 4) is 0 Å². The molecule has 0 saturated carbocycles. The van der Waals surface area contributed by atoms with Gasteiger partial charge in [-0.3, -0.25) is 0 Å². The van der Waals surface area contributed by atoms with Crippen molar-refractivity contribution >= 4 is 18.4 Å². The van der Waals surface area contributed by atoms with Crippen LogP contribution in [0.15, 0.2) is 40.5 Å². The Labute approximate surface area is 113 Å². The summed E-state index contributed by atoms with van der Waals surface area (Å²) in [6.07, 6.45) is 0. The quantitative estimate of drug-likeness (QED) is 0.366. The molecular formula is C13H20N6. The highest BCUT2D eigenvalue weighted by molar-refractivity contribution is 5.95. The minimum Gasteiger partial charge on any atom is -0.337 e. The highest BCUT2D eigenvalue weighted by Crippen LogP contribution is 2.16. The second-order valence-electron chi connectivity index (χ2n) is 4.51. The Kier molecular flexibility index (Phi) is 4.35. The molecule has 0 aromatic heterocycles. The fourth-order valence-corrected chi connectivity index (χ4v) is 2.11. The molecule has 1 aromatic rings. The summed E-state index contributed by atoms with van der Waals surface area (Å²) in [5, 5.41) is 9.61. The zero-order valence-corrected chi connectivity index (χ0v) is 11.2. The van der Waals surface area contributed by atoms with Crippen LogP contribution >= 0.6 is 0 Å². The molecule has 1 aliphatic heterocycles. The largest absolute Gasteiger partial charge is 0.337 e. The number of guanidine groups is 1. The van der Waals surface area contributed by atoms with Crippen molar-refractivity contribution in [1.29, 1.82) is 0 Å². The Hall–Kier alpha value is -2.08. The van der Waals surface area contributed by atoms with Crippen LogP contribution in [0.5, 0.6) is 0 Å². The summed E-state index contributed by atoms with van der Waals surface area (Å²) < 4.78 is 0. The topological polar surface area (TPSA) is 60.5 Å². The summed E-state index contributed by atoms with van der Waals surface area (Å²) >= 11 is 0. The van der Waals surface area contributed by atoms with Gasteiger partial charge in [0.05, 0.1) is 5.69 Å². The Morgan fingerprint density at radius 1 is 1.21 bits per heavy atom. The average molecular weight is 260 g/mol. The van der Waals surface area contributed by atoms with Gasteiger partial charge in [-0.2, -0.15) is 10.1 Å². The van der Waals surface area contributed by atoms with Crippen LogP contribution in [0.25, 0.3) is 0 Å². The van der Waals surface area contributed by atoms with Crippen LogP contribution in [0, 0.1) is 0 Å². The number of nitrogens with zero attached hydrogens (tertiary/aromatic N) is 5. The molecule has 1 saturated heterocycles. The van der Waals surface area contributed by atoms with E-state index < -0.39 is 0 Å². The van der Waals surface area contributed by atoms with Gasteiger partial charge in [0.1, 0.15) is 0 Å². The van der Waals surface area contributed by atoms with Crippen molar-refractivity contribution in [3.05, 3.63) is 30.3 Å².